The van der Waals surface area contributed by atoms with Crippen LogP contribution in [0.5, 0.6) is 0 Å². The minimum Gasteiger partial charge on any atom is -0.195 e. The van der Waals surface area contributed by atoms with Crippen LogP contribution in [-0.4, -0.2) is 0 Å². The highest BCUT2D eigenvalue weighted by Crippen LogP contribution is 2.17. The lowest BCUT2D eigenvalue weighted by Gasteiger charge is -1.94. The van der Waals surface area contributed by atoms with Crippen LogP contribution in [-0.2, 0) is 0 Å². The second-order valence-electron chi connectivity index (χ2n) is 2.13. The van der Waals surface area contributed by atoms with E-state index in [1.807, 2.05) is 0 Å². The number of rotatable bonds is 1. The van der Waals surface area contributed by atoms with Crippen LogP contribution in [0.15, 0.2) is 30.1 Å². The zero-order chi connectivity index (χ0) is 8.97. The van der Waals surface area contributed by atoms with Crippen molar-refractivity contribution in [3.8, 4) is 6.07 Å². The van der Waals surface area contributed by atoms with Crippen molar-refractivity contribution in [2.45, 2.75) is 0 Å². The van der Waals surface area contributed by atoms with E-state index in [4.69, 9.17) is 16.9 Å². The predicted octanol–water partition coefficient (Wildman–Crippen LogP) is 3.17. The number of nitrogens with zero attached hydrogens (tertiary/aromatic N) is 1. The lowest BCUT2D eigenvalue weighted by Crippen LogP contribution is -1.74. The van der Waals surface area contributed by atoms with E-state index >= 15 is 0 Å². The van der Waals surface area contributed by atoms with Crippen LogP contribution in [0.2, 0.25) is 5.02 Å². The summed E-state index contributed by atoms with van der Waals surface area (Å²) >= 11 is 5.70. The molecule has 60 valence electrons. The fourth-order valence-corrected chi connectivity index (χ4v) is 0.951. The Morgan fingerprint density at radius 3 is 2.75 bits per heavy atom. The normalized spacial score (nSPS) is 10.9. The first-order valence-electron chi connectivity index (χ1n) is 3.26. The lowest BCUT2D eigenvalue weighted by molar-refractivity contribution is 0.679. The van der Waals surface area contributed by atoms with Gasteiger partial charge in [-0.1, -0.05) is 29.8 Å². The third kappa shape index (κ3) is 2.08. The van der Waals surface area contributed by atoms with Crippen LogP contribution < -0.4 is 0 Å². The van der Waals surface area contributed by atoms with Gasteiger partial charge in [0.05, 0.1) is 0 Å². The summed E-state index contributed by atoms with van der Waals surface area (Å²) in [5.74, 6) is -0.844. The number of halogens is 2. The van der Waals surface area contributed by atoms with Crippen LogP contribution in [0.3, 0.4) is 0 Å². The van der Waals surface area contributed by atoms with Gasteiger partial charge in [-0.2, -0.15) is 9.65 Å². The Bertz CT molecular complexity index is 352. The van der Waals surface area contributed by atoms with Gasteiger partial charge in [0.1, 0.15) is 6.07 Å². The number of hydrogen-bond donors (Lipinski definition) is 0. The number of benzene rings is 1. The molecule has 12 heavy (non-hydrogen) atoms. The first-order valence-corrected chi connectivity index (χ1v) is 3.63. The summed E-state index contributed by atoms with van der Waals surface area (Å²) in [5.41, 5.74) is 0.512. The van der Waals surface area contributed by atoms with Gasteiger partial charge in [0.25, 0.3) is 0 Å². The van der Waals surface area contributed by atoms with Gasteiger partial charge in [0, 0.05) is 5.02 Å². The van der Waals surface area contributed by atoms with Crippen LogP contribution in [0.4, 0.5) is 4.39 Å². The molecule has 0 aliphatic heterocycles. The molecule has 0 saturated heterocycles. The van der Waals surface area contributed by atoms with E-state index in [0.29, 0.717) is 10.6 Å². The van der Waals surface area contributed by atoms with Crippen molar-refractivity contribution in [1.29, 1.82) is 5.26 Å². The van der Waals surface area contributed by atoms with Crippen molar-refractivity contribution in [1.82, 2.24) is 0 Å². The molecular weight excluding hydrogens is 177 g/mol. The molecule has 0 radical (unpaired) electrons. The Morgan fingerprint density at radius 1 is 1.50 bits per heavy atom. The summed E-state index contributed by atoms with van der Waals surface area (Å²) in [7, 11) is 0. The van der Waals surface area contributed by atoms with Gasteiger partial charge >= 0.3 is 0 Å². The maximum absolute atomic E-state index is 12.4. The molecule has 0 unspecified atom stereocenters. The second-order valence-corrected chi connectivity index (χ2v) is 2.53. The first-order chi connectivity index (χ1) is 5.74. The molecule has 0 aliphatic rings. The fourth-order valence-electron chi connectivity index (χ4n) is 0.761. The molecule has 0 spiro atoms. The Kier molecular flexibility index (Phi) is 2.84. The fraction of sp³-hybridized carbons (Fsp3) is 0. The van der Waals surface area contributed by atoms with Crippen LogP contribution >= 0.6 is 11.6 Å². The molecule has 0 N–H and O–H groups in total. The smallest absolute Gasteiger partial charge is 0.195 e. The molecule has 1 aromatic rings. The molecule has 0 bridgehead atoms. The van der Waals surface area contributed by atoms with E-state index < -0.39 is 5.83 Å². The van der Waals surface area contributed by atoms with Crippen molar-refractivity contribution in [3.05, 3.63) is 40.7 Å². The summed E-state index contributed by atoms with van der Waals surface area (Å²) in [6.07, 6.45) is 1.10. The summed E-state index contributed by atoms with van der Waals surface area (Å²) < 4.78 is 12.4. The van der Waals surface area contributed by atoms with Crippen LogP contribution in [0.25, 0.3) is 6.08 Å². The van der Waals surface area contributed by atoms with Gasteiger partial charge in [0.15, 0.2) is 0 Å². The topological polar surface area (TPSA) is 23.8 Å². The van der Waals surface area contributed by atoms with Gasteiger partial charge in [-0.25, -0.2) is 0 Å². The highest BCUT2D eigenvalue weighted by Gasteiger charge is 1.96. The van der Waals surface area contributed by atoms with Gasteiger partial charge < -0.3 is 0 Å². The Morgan fingerprint density at radius 2 is 2.17 bits per heavy atom. The predicted molar refractivity (Wildman–Crippen MR) is 46.2 cm³/mol. The van der Waals surface area contributed by atoms with E-state index in [9.17, 15) is 4.39 Å². The first kappa shape index (κ1) is 8.76. The largest absolute Gasteiger partial charge is 0.200 e. The maximum atomic E-state index is 12.4. The average molecular weight is 182 g/mol. The van der Waals surface area contributed by atoms with Crippen molar-refractivity contribution in [2.24, 2.45) is 0 Å². The van der Waals surface area contributed by atoms with Gasteiger partial charge in [0.2, 0.25) is 5.83 Å². The molecule has 0 heterocycles. The zero-order valence-corrected chi connectivity index (χ0v) is 6.85. The number of allylic oxidation sites excluding steroid dienone is 1. The highest BCUT2D eigenvalue weighted by molar-refractivity contribution is 6.32. The molecule has 0 aromatic heterocycles. The van der Waals surface area contributed by atoms with Gasteiger partial charge in [-0.3, -0.25) is 0 Å². The van der Waals surface area contributed by atoms with Crippen LogP contribution in [0.1, 0.15) is 5.56 Å². The molecule has 1 aromatic carbocycles. The Hall–Kier alpha value is -1.33. The number of hydrogen-bond acceptors (Lipinski definition) is 1. The van der Waals surface area contributed by atoms with Gasteiger partial charge in [-0.05, 0) is 17.7 Å². The van der Waals surface area contributed by atoms with Crippen molar-refractivity contribution in [2.75, 3.05) is 0 Å². The molecule has 0 atom stereocenters. The third-order valence-corrected chi connectivity index (χ3v) is 1.64. The third-order valence-electron chi connectivity index (χ3n) is 1.29. The van der Waals surface area contributed by atoms with E-state index in [1.54, 1.807) is 24.3 Å². The summed E-state index contributed by atoms with van der Waals surface area (Å²) in [5, 5.41) is 8.58. The quantitative estimate of drug-likeness (QED) is 0.611. The summed E-state index contributed by atoms with van der Waals surface area (Å²) in [4.78, 5) is 0. The molecule has 0 amide bonds. The molecule has 0 fully saturated rings. The summed E-state index contributed by atoms with van der Waals surface area (Å²) in [6.45, 7) is 0. The molecular formula is C9H5ClFN. The van der Waals surface area contributed by atoms with E-state index in [2.05, 4.69) is 0 Å². The van der Waals surface area contributed by atoms with E-state index in [1.165, 1.54) is 6.07 Å². The van der Waals surface area contributed by atoms with Crippen molar-refractivity contribution >= 4 is 17.7 Å². The zero-order valence-electron chi connectivity index (χ0n) is 6.09. The SMILES string of the molecule is N#C/C(F)=C\c1ccccc1Cl. The number of nitriles is 1. The van der Waals surface area contributed by atoms with E-state index in [0.717, 1.165) is 6.08 Å². The van der Waals surface area contributed by atoms with E-state index in [-0.39, 0.29) is 0 Å². The maximum Gasteiger partial charge on any atom is 0.200 e. The molecule has 3 heteroatoms. The second kappa shape index (κ2) is 3.89. The van der Waals surface area contributed by atoms with Gasteiger partial charge in [-0.15, -0.1) is 0 Å². The lowest BCUT2D eigenvalue weighted by atomic mass is 10.2. The molecule has 1 rings (SSSR count). The Balaban J connectivity index is 3.06. The Labute approximate surface area is 74.7 Å². The monoisotopic (exact) mass is 181 g/mol. The average Bonchev–Trinajstić information content (AvgIpc) is 2.09. The molecule has 0 aliphatic carbocycles. The molecule has 1 nitrogen and oxygen atoms in total. The summed E-state index contributed by atoms with van der Waals surface area (Å²) in [6, 6.07) is 8.12. The minimum atomic E-state index is -0.844. The minimum absolute atomic E-state index is 0.433. The highest BCUT2D eigenvalue weighted by atomic mass is 35.5. The standard InChI is InChI=1S/C9H5ClFN/c10-9-4-2-1-3-7(9)5-8(11)6-12/h1-5H/b8-5+. The van der Waals surface area contributed by atoms with Crippen molar-refractivity contribution < 1.29 is 4.39 Å². The van der Waals surface area contributed by atoms with Crippen LogP contribution in [0, 0.1) is 11.3 Å². The van der Waals surface area contributed by atoms with Crippen molar-refractivity contribution in [3.63, 3.8) is 0 Å². The molecule has 0 saturated carbocycles.